The Balaban J connectivity index is 1.55. The van der Waals surface area contributed by atoms with E-state index in [1.807, 2.05) is 4.90 Å². The Bertz CT molecular complexity index is 735. The molecule has 1 aromatic heterocycles. The highest BCUT2D eigenvalue weighted by Gasteiger charge is 2.30. The summed E-state index contributed by atoms with van der Waals surface area (Å²) in [7, 11) is 0. The number of piperazine rings is 1. The van der Waals surface area contributed by atoms with Crippen LogP contribution in [0.15, 0.2) is 34.9 Å². The number of aryl methyl sites for hydroxylation is 1. The molecule has 1 aliphatic rings. The minimum Gasteiger partial charge on any atom is -0.368 e. The van der Waals surface area contributed by atoms with Crippen LogP contribution in [-0.4, -0.2) is 42.3 Å². The second kappa shape index (κ2) is 6.66. The molecule has 1 aliphatic heterocycles. The van der Waals surface area contributed by atoms with Gasteiger partial charge in [-0.05, 0) is 31.2 Å². The fourth-order valence-corrected chi connectivity index (χ4v) is 2.64. The van der Waals surface area contributed by atoms with Crippen LogP contribution in [0.2, 0.25) is 0 Å². The molecule has 1 aromatic carbocycles. The minimum atomic E-state index is -4.34. The SMILES string of the molecule is Cc1cc(NC(=O)N2CCN(c3ccc(C(F)(F)F)cc3)CC2)no1. The normalized spacial score (nSPS) is 15.4. The zero-order chi connectivity index (χ0) is 18.0. The van der Waals surface area contributed by atoms with Crippen molar-refractivity contribution < 1.29 is 22.5 Å². The number of halogens is 3. The molecule has 2 amide bonds. The van der Waals surface area contributed by atoms with Crippen molar-refractivity contribution in [2.45, 2.75) is 13.1 Å². The Labute approximate surface area is 142 Å². The van der Waals surface area contributed by atoms with Gasteiger partial charge in [0.1, 0.15) is 5.76 Å². The van der Waals surface area contributed by atoms with E-state index < -0.39 is 11.7 Å². The molecule has 6 nitrogen and oxygen atoms in total. The van der Waals surface area contributed by atoms with Crippen molar-refractivity contribution in [3.05, 3.63) is 41.7 Å². The van der Waals surface area contributed by atoms with Crippen LogP contribution in [0.4, 0.5) is 29.5 Å². The number of benzene rings is 1. The summed E-state index contributed by atoms with van der Waals surface area (Å²) < 4.78 is 42.7. The molecule has 0 spiro atoms. The molecule has 0 saturated carbocycles. The van der Waals surface area contributed by atoms with Gasteiger partial charge in [0.25, 0.3) is 0 Å². The summed E-state index contributed by atoms with van der Waals surface area (Å²) >= 11 is 0. The number of aromatic nitrogens is 1. The lowest BCUT2D eigenvalue weighted by molar-refractivity contribution is -0.137. The summed E-state index contributed by atoms with van der Waals surface area (Å²) in [5, 5.41) is 6.35. The molecule has 2 heterocycles. The second-order valence-corrected chi connectivity index (χ2v) is 5.77. The Morgan fingerprint density at radius 1 is 1.16 bits per heavy atom. The summed E-state index contributed by atoms with van der Waals surface area (Å²) in [6, 6.07) is 6.40. The van der Waals surface area contributed by atoms with Crippen molar-refractivity contribution >= 4 is 17.5 Å². The number of hydrogen-bond donors (Lipinski definition) is 1. The molecule has 0 aliphatic carbocycles. The van der Waals surface area contributed by atoms with Gasteiger partial charge in [-0.2, -0.15) is 13.2 Å². The van der Waals surface area contributed by atoms with Gasteiger partial charge in [0.05, 0.1) is 5.56 Å². The third-order valence-electron chi connectivity index (χ3n) is 3.99. The molecular weight excluding hydrogens is 337 g/mol. The van der Waals surface area contributed by atoms with E-state index in [9.17, 15) is 18.0 Å². The summed E-state index contributed by atoms with van der Waals surface area (Å²) in [5.74, 6) is 0.954. The molecule has 3 rings (SSSR count). The first kappa shape index (κ1) is 17.1. The lowest BCUT2D eigenvalue weighted by Gasteiger charge is -2.36. The van der Waals surface area contributed by atoms with Gasteiger partial charge in [0.2, 0.25) is 0 Å². The first-order valence-electron chi connectivity index (χ1n) is 7.74. The Morgan fingerprint density at radius 2 is 1.80 bits per heavy atom. The second-order valence-electron chi connectivity index (χ2n) is 5.77. The van der Waals surface area contributed by atoms with Gasteiger partial charge in [0, 0.05) is 37.9 Å². The molecule has 1 fully saturated rings. The predicted molar refractivity (Wildman–Crippen MR) is 85.5 cm³/mol. The van der Waals surface area contributed by atoms with Crippen LogP contribution in [0.5, 0.6) is 0 Å². The van der Waals surface area contributed by atoms with E-state index in [-0.39, 0.29) is 6.03 Å². The minimum absolute atomic E-state index is 0.277. The number of carbonyl (C=O) groups excluding carboxylic acids is 1. The highest BCUT2D eigenvalue weighted by atomic mass is 19.4. The van der Waals surface area contributed by atoms with Gasteiger partial charge >= 0.3 is 12.2 Å². The third-order valence-corrected chi connectivity index (χ3v) is 3.99. The Hall–Kier alpha value is -2.71. The van der Waals surface area contributed by atoms with Gasteiger partial charge < -0.3 is 14.3 Å². The summed E-state index contributed by atoms with van der Waals surface area (Å²) in [4.78, 5) is 15.7. The summed E-state index contributed by atoms with van der Waals surface area (Å²) in [6.07, 6.45) is -4.34. The molecular formula is C16H17F3N4O2. The van der Waals surface area contributed by atoms with E-state index in [2.05, 4.69) is 10.5 Å². The van der Waals surface area contributed by atoms with Crippen molar-refractivity contribution in [2.75, 3.05) is 36.4 Å². The number of nitrogens with one attached hydrogen (secondary N) is 1. The van der Waals surface area contributed by atoms with E-state index in [1.165, 1.54) is 12.1 Å². The topological polar surface area (TPSA) is 61.6 Å². The molecule has 134 valence electrons. The average Bonchev–Trinajstić information content (AvgIpc) is 2.99. The van der Waals surface area contributed by atoms with Crippen LogP contribution in [0.25, 0.3) is 0 Å². The molecule has 0 unspecified atom stereocenters. The maximum absolute atomic E-state index is 12.6. The first-order valence-corrected chi connectivity index (χ1v) is 7.74. The lowest BCUT2D eigenvalue weighted by Crippen LogP contribution is -2.50. The van der Waals surface area contributed by atoms with E-state index >= 15 is 0 Å². The highest BCUT2D eigenvalue weighted by Crippen LogP contribution is 2.30. The van der Waals surface area contributed by atoms with E-state index in [0.717, 1.165) is 12.1 Å². The molecule has 2 aromatic rings. The number of rotatable bonds is 2. The number of nitrogens with zero attached hydrogens (tertiary/aromatic N) is 3. The smallest absolute Gasteiger partial charge is 0.368 e. The van der Waals surface area contributed by atoms with Crippen molar-refractivity contribution in [2.24, 2.45) is 0 Å². The van der Waals surface area contributed by atoms with E-state index in [1.54, 1.807) is 17.9 Å². The lowest BCUT2D eigenvalue weighted by atomic mass is 10.1. The molecule has 1 N–H and O–H groups in total. The third kappa shape index (κ3) is 4.04. The van der Waals surface area contributed by atoms with Crippen molar-refractivity contribution in [1.29, 1.82) is 0 Å². The van der Waals surface area contributed by atoms with Crippen molar-refractivity contribution in [3.63, 3.8) is 0 Å². The standard InChI is InChI=1S/C16H17F3N4O2/c1-11-10-14(21-25-11)20-15(24)23-8-6-22(7-9-23)13-4-2-12(3-5-13)16(17,18)19/h2-5,10H,6-9H2,1H3,(H,20,21,24). The van der Waals surface area contributed by atoms with E-state index in [0.29, 0.717) is 43.4 Å². The van der Waals surface area contributed by atoms with Gasteiger partial charge in [-0.15, -0.1) is 0 Å². The Kier molecular flexibility index (Phi) is 4.56. The zero-order valence-electron chi connectivity index (χ0n) is 13.5. The Morgan fingerprint density at radius 3 is 2.32 bits per heavy atom. The van der Waals surface area contributed by atoms with Crippen LogP contribution >= 0.6 is 0 Å². The largest absolute Gasteiger partial charge is 0.416 e. The van der Waals surface area contributed by atoms with Crippen LogP contribution in [0.1, 0.15) is 11.3 Å². The maximum atomic E-state index is 12.6. The quantitative estimate of drug-likeness (QED) is 0.898. The molecule has 1 saturated heterocycles. The number of alkyl halides is 3. The van der Waals surface area contributed by atoms with Gasteiger partial charge in [-0.1, -0.05) is 5.16 Å². The van der Waals surface area contributed by atoms with Gasteiger partial charge in [0.15, 0.2) is 5.82 Å². The average molecular weight is 354 g/mol. The number of amides is 2. The molecule has 25 heavy (non-hydrogen) atoms. The molecule has 0 atom stereocenters. The maximum Gasteiger partial charge on any atom is 0.416 e. The van der Waals surface area contributed by atoms with Crippen molar-refractivity contribution in [1.82, 2.24) is 10.1 Å². The van der Waals surface area contributed by atoms with Crippen LogP contribution < -0.4 is 10.2 Å². The molecule has 9 heteroatoms. The fourth-order valence-electron chi connectivity index (χ4n) is 2.64. The highest BCUT2D eigenvalue weighted by molar-refractivity contribution is 5.88. The van der Waals surface area contributed by atoms with E-state index in [4.69, 9.17) is 4.52 Å². The van der Waals surface area contributed by atoms with Gasteiger partial charge in [-0.3, -0.25) is 5.32 Å². The number of anilines is 2. The molecule has 0 radical (unpaired) electrons. The van der Waals surface area contributed by atoms with Gasteiger partial charge in [-0.25, -0.2) is 4.79 Å². The molecule has 0 bridgehead atoms. The van der Waals surface area contributed by atoms with Crippen molar-refractivity contribution in [3.8, 4) is 0 Å². The first-order chi connectivity index (χ1) is 11.8. The fraction of sp³-hybridized carbons (Fsp3) is 0.375. The predicted octanol–water partition coefficient (Wildman–Crippen LogP) is 3.36. The summed E-state index contributed by atoms with van der Waals surface area (Å²) in [6.45, 7) is 3.73. The zero-order valence-corrected chi connectivity index (χ0v) is 13.5. The van der Waals surface area contributed by atoms with Crippen LogP contribution in [0, 0.1) is 6.92 Å². The number of hydrogen-bond acceptors (Lipinski definition) is 4. The van der Waals surface area contributed by atoms with Crippen LogP contribution in [0.3, 0.4) is 0 Å². The summed E-state index contributed by atoms with van der Waals surface area (Å²) in [5.41, 5.74) is 0.0392. The number of urea groups is 1. The number of carbonyl (C=O) groups is 1. The van der Waals surface area contributed by atoms with Crippen LogP contribution in [-0.2, 0) is 6.18 Å². The monoisotopic (exact) mass is 354 g/mol.